The van der Waals surface area contributed by atoms with Crippen LogP contribution >= 0.6 is 0 Å². The number of ether oxygens (including phenoxy) is 1. The monoisotopic (exact) mass is 285 g/mol. The molecule has 2 aliphatic heterocycles. The fourth-order valence-corrected chi connectivity index (χ4v) is 7.86. The number of sulfonamides is 1. The summed E-state index contributed by atoms with van der Waals surface area (Å²) in [4.78, 5) is 12.9. The Morgan fingerprint density at radius 2 is 2.11 bits per heavy atom. The summed E-state index contributed by atoms with van der Waals surface area (Å²) in [6.07, 6.45) is 2.27. The minimum atomic E-state index is -3.38. The fraction of sp³-hybridized carbons (Fsp3) is 0.923. The Morgan fingerprint density at radius 3 is 2.84 bits per heavy atom. The van der Waals surface area contributed by atoms with Crippen molar-refractivity contribution in [2.75, 3.05) is 18.9 Å². The lowest BCUT2D eigenvalue weighted by Crippen LogP contribution is -2.63. The van der Waals surface area contributed by atoms with Crippen molar-refractivity contribution in [2.24, 2.45) is 16.7 Å². The number of nitrogens with zero attached hydrogens (tertiary/aromatic N) is 1. The molecule has 3 atom stereocenters. The van der Waals surface area contributed by atoms with Crippen LogP contribution in [0.3, 0.4) is 0 Å². The number of rotatable bonds is 0. The largest absolute Gasteiger partial charge is 0.351 e. The van der Waals surface area contributed by atoms with Gasteiger partial charge in [-0.2, -0.15) is 4.31 Å². The molecule has 0 unspecified atom stereocenters. The van der Waals surface area contributed by atoms with Crippen molar-refractivity contribution in [1.82, 2.24) is 4.31 Å². The van der Waals surface area contributed by atoms with Gasteiger partial charge >= 0.3 is 0 Å². The van der Waals surface area contributed by atoms with Crippen molar-refractivity contribution in [1.29, 1.82) is 0 Å². The summed E-state index contributed by atoms with van der Waals surface area (Å²) in [7, 11) is -3.38. The smallest absolute Gasteiger partial charge is 0.217 e. The molecule has 19 heavy (non-hydrogen) atoms. The van der Waals surface area contributed by atoms with Gasteiger partial charge in [0.05, 0.1) is 12.4 Å². The van der Waals surface area contributed by atoms with Crippen molar-refractivity contribution >= 4 is 15.8 Å². The maximum Gasteiger partial charge on any atom is 0.217 e. The topological polar surface area (TPSA) is 63.7 Å². The maximum absolute atomic E-state index is 12.9. The molecule has 5 nitrogen and oxygen atoms in total. The molecular formula is C13H19NO4S. The molecule has 2 saturated heterocycles. The van der Waals surface area contributed by atoms with Crippen LogP contribution in [0.15, 0.2) is 0 Å². The Morgan fingerprint density at radius 1 is 1.37 bits per heavy atom. The molecule has 4 rings (SSSR count). The van der Waals surface area contributed by atoms with Crippen LogP contribution in [0, 0.1) is 16.7 Å². The molecule has 2 saturated carbocycles. The predicted octanol–water partition coefficient (Wildman–Crippen LogP) is 0.754. The SMILES string of the molecule is CC1(C)[C@@H]2CC[C@]13CS(=O)(=O)N1CCCO[C@]13C2=O. The first-order valence-electron chi connectivity index (χ1n) is 6.98. The lowest BCUT2D eigenvalue weighted by atomic mass is 9.67. The minimum Gasteiger partial charge on any atom is -0.351 e. The van der Waals surface area contributed by atoms with E-state index in [4.69, 9.17) is 4.74 Å². The normalized spacial score (nSPS) is 50.2. The van der Waals surface area contributed by atoms with Gasteiger partial charge < -0.3 is 4.74 Å². The summed E-state index contributed by atoms with van der Waals surface area (Å²) < 4.78 is 32.3. The van der Waals surface area contributed by atoms with Crippen LogP contribution in [0.1, 0.15) is 33.1 Å². The van der Waals surface area contributed by atoms with Crippen LogP contribution in [0.25, 0.3) is 0 Å². The zero-order valence-electron chi connectivity index (χ0n) is 11.3. The molecule has 0 aromatic heterocycles. The third-order valence-electron chi connectivity index (χ3n) is 6.20. The Balaban J connectivity index is 2.03. The minimum absolute atomic E-state index is 0.0181. The van der Waals surface area contributed by atoms with Crippen molar-refractivity contribution in [3.05, 3.63) is 0 Å². The molecular weight excluding hydrogens is 266 g/mol. The number of Topliss-reactive ketones (excluding diaryl/α,β-unsaturated/α-hetero) is 1. The Labute approximate surface area is 113 Å². The molecule has 2 bridgehead atoms. The van der Waals surface area contributed by atoms with E-state index in [-0.39, 0.29) is 22.9 Å². The van der Waals surface area contributed by atoms with Crippen LogP contribution in [0.4, 0.5) is 0 Å². The van der Waals surface area contributed by atoms with Gasteiger partial charge in [-0.1, -0.05) is 13.8 Å². The summed E-state index contributed by atoms with van der Waals surface area (Å²) in [5, 5.41) is 0. The molecule has 4 aliphatic rings. The van der Waals surface area contributed by atoms with Crippen LogP contribution < -0.4 is 0 Å². The number of hydrogen-bond donors (Lipinski definition) is 0. The van der Waals surface area contributed by atoms with E-state index in [2.05, 4.69) is 0 Å². The van der Waals surface area contributed by atoms with E-state index in [0.717, 1.165) is 12.8 Å². The standard InChI is InChI=1S/C13H19NO4S/c1-11(2)9-4-5-12(11)8-19(16,17)14-6-3-7-18-13(12,14)10(9)15/h9H,3-8H2,1-2H3/t9-,12+,13+/m1/s1. The van der Waals surface area contributed by atoms with Gasteiger partial charge in [-0.05, 0) is 24.7 Å². The van der Waals surface area contributed by atoms with Gasteiger partial charge in [0.25, 0.3) is 0 Å². The molecule has 0 aromatic rings. The van der Waals surface area contributed by atoms with E-state index in [0.29, 0.717) is 19.6 Å². The number of carbonyl (C=O) groups is 1. The van der Waals surface area contributed by atoms with Gasteiger partial charge in [0, 0.05) is 17.9 Å². The molecule has 0 N–H and O–H groups in total. The summed E-state index contributed by atoms with van der Waals surface area (Å²) in [5.74, 6) is 0.0445. The van der Waals surface area contributed by atoms with E-state index < -0.39 is 21.2 Å². The van der Waals surface area contributed by atoms with Crippen molar-refractivity contribution in [3.63, 3.8) is 0 Å². The Kier molecular flexibility index (Phi) is 1.99. The lowest BCUT2D eigenvalue weighted by molar-refractivity contribution is -0.205. The van der Waals surface area contributed by atoms with E-state index in [9.17, 15) is 13.2 Å². The zero-order chi connectivity index (χ0) is 13.7. The van der Waals surface area contributed by atoms with Crippen LogP contribution in [-0.2, 0) is 19.6 Å². The Bertz CT molecular complexity index is 583. The molecule has 106 valence electrons. The van der Waals surface area contributed by atoms with Crippen molar-refractivity contribution < 1.29 is 17.9 Å². The van der Waals surface area contributed by atoms with Gasteiger partial charge in [-0.3, -0.25) is 4.79 Å². The average molecular weight is 285 g/mol. The number of carbonyl (C=O) groups excluding carboxylic acids is 1. The summed E-state index contributed by atoms with van der Waals surface area (Å²) >= 11 is 0. The zero-order valence-corrected chi connectivity index (χ0v) is 12.1. The molecule has 2 heterocycles. The van der Waals surface area contributed by atoms with Gasteiger partial charge in [0.2, 0.25) is 15.7 Å². The number of hydrogen-bond acceptors (Lipinski definition) is 4. The predicted molar refractivity (Wildman–Crippen MR) is 67.7 cm³/mol. The number of ketones is 1. The third kappa shape index (κ3) is 0.986. The number of fused-ring (bicyclic) bond motifs is 1. The highest BCUT2D eigenvalue weighted by molar-refractivity contribution is 7.89. The molecule has 0 aromatic carbocycles. The molecule has 4 fully saturated rings. The summed E-state index contributed by atoms with van der Waals surface area (Å²) in [5.41, 5.74) is -2.00. The fourth-order valence-electron chi connectivity index (χ4n) is 5.25. The average Bonchev–Trinajstić information content (AvgIpc) is 2.76. The lowest BCUT2D eigenvalue weighted by Gasteiger charge is -2.47. The molecule has 2 spiro atoms. The van der Waals surface area contributed by atoms with Crippen molar-refractivity contribution in [3.8, 4) is 0 Å². The molecule has 0 amide bonds. The van der Waals surface area contributed by atoms with Crippen LogP contribution in [0.5, 0.6) is 0 Å². The third-order valence-corrected chi connectivity index (χ3v) is 8.16. The van der Waals surface area contributed by atoms with Gasteiger partial charge in [-0.25, -0.2) is 8.42 Å². The van der Waals surface area contributed by atoms with Gasteiger partial charge in [0.1, 0.15) is 0 Å². The second-order valence-corrected chi connectivity index (χ2v) is 8.83. The first-order valence-corrected chi connectivity index (χ1v) is 8.59. The molecule has 2 aliphatic carbocycles. The van der Waals surface area contributed by atoms with E-state index >= 15 is 0 Å². The van der Waals surface area contributed by atoms with Crippen LogP contribution in [0.2, 0.25) is 0 Å². The maximum atomic E-state index is 12.9. The first-order chi connectivity index (χ1) is 8.80. The Hall–Kier alpha value is -0.460. The molecule has 6 heteroatoms. The highest BCUT2D eigenvalue weighted by Crippen LogP contribution is 2.73. The summed E-state index contributed by atoms with van der Waals surface area (Å²) in [6.45, 7) is 5.02. The highest BCUT2D eigenvalue weighted by Gasteiger charge is 2.84. The summed E-state index contributed by atoms with van der Waals surface area (Å²) in [6, 6.07) is 0. The van der Waals surface area contributed by atoms with Gasteiger partial charge in [0.15, 0.2) is 5.78 Å². The van der Waals surface area contributed by atoms with E-state index in [1.165, 1.54) is 4.31 Å². The second-order valence-electron chi connectivity index (χ2n) is 6.93. The quantitative estimate of drug-likeness (QED) is 0.659. The first kappa shape index (κ1) is 12.3. The second kappa shape index (κ2) is 3.07. The van der Waals surface area contributed by atoms with Gasteiger partial charge in [-0.15, -0.1) is 0 Å². The van der Waals surface area contributed by atoms with Crippen LogP contribution in [-0.4, -0.2) is 43.1 Å². The van der Waals surface area contributed by atoms with E-state index in [1.54, 1.807) is 0 Å². The van der Waals surface area contributed by atoms with E-state index in [1.807, 2.05) is 13.8 Å². The van der Waals surface area contributed by atoms with Crippen molar-refractivity contribution in [2.45, 2.75) is 38.8 Å². The highest BCUT2D eigenvalue weighted by atomic mass is 32.2. The molecule has 0 radical (unpaired) electrons.